The second kappa shape index (κ2) is 6.45. The maximum atomic E-state index is 12.5. The summed E-state index contributed by atoms with van der Waals surface area (Å²) in [5.41, 5.74) is -0.615. The predicted molar refractivity (Wildman–Crippen MR) is 69.5 cm³/mol. The van der Waals surface area contributed by atoms with Crippen LogP contribution in [-0.2, 0) is 6.18 Å². The Morgan fingerprint density at radius 3 is 2.53 bits per heavy atom. The number of aliphatic hydroxyl groups is 1. The monoisotopic (exact) mass is 296 g/mol. The van der Waals surface area contributed by atoms with Gasteiger partial charge in [-0.25, -0.2) is 0 Å². The predicted octanol–water partition coefficient (Wildman–Crippen LogP) is 2.69. The van der Waals surface area contributed by atoms with Crippen molar-refractivity contribution in [3.8, 4) is 0 Å². The first-order valence-corrected chi connectivity index (χ1v) is 6.01. The van der Waals surface area contributed by atoms with Crippen LogP contribution in [0, 0.1) is 0 Å². The minimum absolute atomic E-state index is 0.124. The summed E-state index contributed by atoms with van der Waals surface area (Å²) >= 11 is 5.81. The van der Waals surface area contributed by atoms with Gasteiger partial charge in [-0.3, -0.25) is 0 Å². The average Bonchev–Trinajstić information content (AvgIpc) is 2.25. The second-order valence-corrected chi connectivity index (χ2v) is 4.90. The Morgan fingerprint density at radius 2 is 2.00 bits per heavy atom. The van der Waals surface area contributed by atoms with E-state index in [0.717, 1.165) is 12.1 Å². The molecule has 1 rings (SSSR count). The van der Waals surface area contributed by atoms with Crippen LogP contribution in [0.4, 0.5) is 18.9 Å². The number of hydrogen-bond donors (Lipinski definition) is 2. The van der Waals surface area contributed by atoms with Crippen LogP contribution in [0.3, 0.4) is 0 Å². The van der Waals surface area contributed by atoms with E-state index in [2.05, 4.69) is 5.32 Å². The van der Waals surface area contributed by atoms with Crippen molar-refractivity contribution in [2.45, 2.75) is 12.3 Å². The van der Waals surface area contributed by atoms with Crippen molar-refractivity contribution in [3.63, 3.8) is 0 Å². The van der Waals surface area contributed by atoms with E-state index < -0.39 is 17.8 Å². The van der Waals surface area contributed by atoms with E-state index in [1.54, 1.807) is 19.0 Å². The molecule has 0 saturated heterocycles. The topological polar surface area (TPSA) is 35.5 Å². The number of benzene rings is 1. The standard InChI is InChI=1S/C12H16ClF3N2O/c1-18(2)7-9(19)6-17-11-5-8(12(14,15)16)3-4-10(11)13/h3-5,9,17,19H,6-7H2,1-2H3. The fourth-order valence-electron chi connectivity index (χ4n) is 1.55. The summed E-state index contributed by atoms with van der Waals surface area (Å²) in [7, 11) is 3.58. The van der Waals surface area contributed by atoms with Crippen LogP contribution >= 0.6 is 11.6 Å². The van der Waals surface area contributed by atoms with Gasteiger partial charge in [-0.1, -0.05) is 11.6 Å². The van der Waals surface area contributed by atoms with Gasteiger partial charge in [-0.2, -0.15) is 13.2 Å². The highest BCUT2D eigenvalue weighted by Gasteiger charge is 2.30. The van der Waals surface area contributed by atoms with Crippen molar-refractivity contribution >= 4 is 17.3 Å². The zero-order valence-corrected chi connectivity index (χ0v) is 11.4. The van der Waals surface area contributed by atoms with Crippen LogP contribution in [0.25, 0.3) is 0 Å². The van der Waals surface area contributed by atoms with Gasteiger partial charge in [0.25, 0.3) is 0 Å². The largest absolute Gasteiger partial charge is 0.416 e. The Balaban J connectivity index is 2.72. The first-order valence-electron chi connectivity index (χ1n) is 5.63. The van der Waals surface area contributed by atoms with Gasteiger partial charge in [0.05, 0.1) is 22.4 Å². The van der Waals surface area contributed by atoms with E-state index >= 15 is 0 Å². The normalized spacial score (nSPS) is 13.7. The Bertz CT molecular complexity index is 424. The minimum atomic E-state index is -4.41. The third-order valence-electron chi connectivity index (χ3n) is 2.40. The number of alkyl halides is 3. The Kier molecular flexibility index (Phi) is 5.46. The van der Waals surface area contributed by atoms with Crippen molar-refractivity contribution in [1.29, 1.82) is 0 Å². The zero-order chi connectivity index (χ0) is 14.6. The molecule has 0 fully saturated rings. The number of hydrogen-bond acceptors (Lipinski definition) is 3. The third-order valence-corrected chi connectivity index (χ3v) is 2.73. The zero-order valence-electron chi connectivity index (χ0n) is 10.6. The molecule has 0 saturated carbocycles. The number of nitrogens with one attached hydrogen (secondary N) is 1. The van der Waals surface area contributed by atoms with Gasteiger partial charge in [0, 0.05) is 13.1 Å². The highest BCUT2D eigenvalue weighted by molar-refractivity contribution is 6.33. The SMILES string of the molecule is CN(C)CC(O)CNc1cc(C(F)(F)F)ccc1Cl. The van der Waals surface area contributed by atoms with Gasteiger partial charge >= 0.3 is 6.18 Å². The first kappa shape index (κ1) is 16.1. The summed E-state index contributed by atoms with van der Waals surface area (Å²) in [5, 5.41) is 12.5. The van der Waals surface area contributed by atoms with Gasteiger partial charge in [0.2, 0.25) is 0 Å². The molecule has 0 amide bonds. The lowest BCUT2D eigenvalue weighted by Crippen LogP contribution is -2.31. The van der Waals surface area contributed by atoms with Crippen LogP contribution < -0.4 is 5.32 Å². The lowest BCUT2D eigenvalue weighted by Gasteiger charge is -2.18. The summed E-state index contributed by atoms with van der Waals surface area (Å²) in [6.45, 7) is 0.531. The molecule has 19 heavy (non-hydrogen) atoms. The van der Waals surface area contributed by atoms with Crippen LogP contribution in [-0.4, -0.2) is 43.3 Å². The van der Waals surface area contributed by atoms with E-state index in [9.17, 15) is 18.3 Å². The van der Waals surface area contributed by atoms with E-state index in [1.807, 2.05) is 0 Å². The van der Waals surface area contributed by atoms with E-state index in [1.165, 1.54) is 6.07 Å². The lowest BCUT2D eigenvalue weighted by atomic mass is 10.2. The van der Waals surface area contributed by atoms with Gasteiger partial charge in [0.1, 0.15) is 0 Å². The molecule has 1 atom stereocenters. The molecule has 0 aliphatic heterocycles. The number of rotatable bonds is 5. The van der Waals surface area contributed by atoms with Crippen LogP contribution in [0.15, 0.2) is 18.2 Å². The van der Waals surface area contributed by atoms with Crippen molar-refractivity contribution in [2.24, 2.45) is 0 Å². The molecule has 0 heterocycles. The molecule has 1 aromatic carbocycles. The van der Waals surface area contributed by atoms with E-state index in [4.69, 9.17) is 11.6 Å². The highest BCUT2D eigenvalue weighted by atomic mass is 35.5. The lowest BCUT2D eigenvalue weighted by molar-refractivity contribution is -0.137. The average molecular weight is 297 g/mol. The molecule has 2 N–H and O–H groups in total. The molecule has 0 aliphatic rings. The molecular formula is C12H16ClF3N2O. The summed E-state index contributed by atoms with van der Waals surface area (Å²) < 4.78 is 37.6. The maximum absolute atomic E-state index is 12.5. The smallest absolute Gasteiger partial charge is 0.390 e. The minimum Gasteiger partial charge on any atom is -0.390 e. The molecule has 0 aliphatic carbocycles. The number of halogens is 4. The molecule has 3 nitrogen and oxygen atoms in total. The third kappa shape index (κ3) is 5.26. The number of nitrogens with zero attached hydrogens (tertiary/aromatic N) is 1. The molecule has 1 aromatic rings. The summed E-state index contributed by atoms with van der Waals surface area (Å²) in [6, 6.07) is 3.04. The number of aliphatic hydroxyl groups excluding tert-OH is 1. The van der Waals surface area contributed by atoms with Crippen LogP contribution in [0.5, 0.6) is 0 Å². The van der Waals surface area contributed by atoms with Gasteiger partial charge < -0.3 is 15.3 Å². The summed E-state index contributed by atoms with van der Waals surface area (Å²) in [4.78, 5) is 1.78. The quantitative estimate of drug-likeness (QED) is 0.877. The van der Waals surface area contributed by atoms with Crippen molar-refractivity contribution in [2.75, 3.05) is 32.5 Å². The van der Waals surface area contributed by atoms with Gasteiger partial charge in [-0.15, -0.1) is 0 Å². The van der Waals surface area contributed by atoms with Crippen LogP contribution in [0.1, 0.15) is 5.56 Å². The van der Waals surface area contributed by atoms with E-state index in [0.29, 0.717) is 6.54 Å². The van der Waals surface area contributed by atoms with Crippen LogP contribution in [0.2, 0.25) is 5.02 Å². The summed E-state index contributed by atoms with van der Waals surface area (Å²) in [6.07, 6.45) is -5.11. The molecule has 1 unspecified atom stereocenters. The molecule has 0 aromatic heterocycles. The highest BCUT2D eigenvalue weighted by Crippen LogP contribution is 2.33. The number of anilines is 1. The molecular weight excluding hydrogens is 281 g/mol. The van der Waals surface area contributed by atoms with Gasteiger partial charge in [-0.05, 0) is 32.3 Å². The van der Waals surface area contributed by atoms with Crippen molar-refractivity contribution in [1.82, 2.24) is 4.90 Å². The number of likely N-dealkylation sites (N-methyl/N-ethyl adjacent to an activating group) is 1. The fourth-order valence-corrected chi connectivity index (χ4v) is 1.74. The maximum Gasteiger partial charge on any atom is 0.416 e. The Labute approximate surface area is 115 Å². The Morgan fingerprint density at radius 1 is 1.37 bits per heavy atom. The van der Waals surface area contributed by atoms with Gasteiger partial charge in [0.15, 0.2) is 0 Å². The molecule has 0 spiro atoms. The summed E-state index contributed by atoms with van der Waals surface area (Å²) in [5.74, 6) is 0. The molecule has 0 bridgehead atoms. The fraction of sp³-hybridized carbons (Fsp3) is 0.500. The Hall–Kier alpha value is -0.980. The second-order valence-electron chi connectivity index (χ2n) is 4.49. The molecule has 108 valence electrons. The molecule has 0 radical (unpaired) electrons. The first-order chi connectivity index (χ1) is 8.70. The molecule has 7 heteroatoms. The van der Waals surface area contributed by atoms with E-state index in [-0.39, 0.29) is 17.3 Å². The van der Waals surface area contributed by atoms with Crippen molar-refractivity contribution < 1.29 is 18.3 Å². The van der Waals surface area contributed by atoms with Crippen molar-refractivity contribution in [3.05, 3.63) is 28.8 Å².